The van der Waals surface area contributed by atoms with Gasteiger partial charge in [0.25, 0.3) is 0 Å². The third-order valence-corrected chi connectivity index (χ3v) is 4.43. The average molecular weight is 377 g/mol. The fourth-order valence-electron chi connectivity index (χ4n) is 2.34. The highest BCUT2D eigenvalue weighted by molar-refractivity contribution is 9.10. The van der Waals surface area contributed by atoms with Crippen molar-refractivity contribution in [1.29, 1.82) is 0 Å². The van der Waals surface area contributed by atoms with Gasteiger partial charge in [0.1, 0.15) is 5.75 Å². The van der Waals surface area contributed by atoms with E-state index in [2.05, 4.69) is 42.8 Å². The van der Waals surface area contributed by atoms with Gasteiger partial charge in [-0.05, 0) is 31.0 Å². The van der Waals surface area contributed by atoms with E-state index in [0.717, 1.165) is 34.7 Å². The molecule has 0 unspecified atom stereocenters. The Morgan fingerprint density at radius 1 is 1.39 bits per heavy atom. The SMILES string of the molecule is COc1ccc(Br)cc1CN(CCBr)C1CCC1. The Kier molecular flexibility index (Phi) is 5.52. The number of ether oxygens (including phenoxy) is 1. The second-order valence-corrected chi connectivity index (χ2v) is 6.41. The molecule has 18 heavy (non-hydrogen) atoms. The molecule has 1 aromatic carbocycles. The Balaban J connectivity index is 2.11. The molecule has 0 aromatic heterocycles. The van der Waals surface area contributed by atoms with Gasteiger partial charge in [0.2, 0.25) is 0 Å². The first-order valence-corrected chi connectivity index (χ1v) is 8.28. The van der Waals surface area contributed by atoms with Crippen LogP contribution >= 0.6 is 31.9 Å². The molecule has 1 aliphatic rings. The van der Waals surface area contributed by atoms with Crippen molar-refractivity contribution in [3.05, 3.63) is 28.2 Å². The van der Waals surface area contributed by atoms with Gasteiger partial charge in [-0.2, -0.15) is 0 Å². The molecule has 0 heterocycles. The minimum Gasteiger partial charge on any atom is -0.496 e. The Labute approximate surface area is 126 Å². The maximum Gasteiger partial charge on any atom is 0.123 e. The second-order valence-electron chi connectivity index (χ2n) is 4.70. The van der Waals surface area contributed by atoms with E-state index in [9.17, 15) is 0 Å². The number of hydrogen-bond acceptors (Lipinski definition) is 2. The van der Waals surface area contributed by atoms with Crippen LogP contribution in [0.3, 0.4) is 0 Å². The van der Waals surface area contributed by atoms with E-state index in [0.29, 0.717) is 0 Å². The number of rotatable bonds is 6. The molecule has 2 nitrogen and oxygen atoms in total. The lowest BCUT2D eigenvalue weighted by Gasteiger charge is -2.37. The molecule has 0 bridgehead atoms. The van der Waals surface area contributed by atoms with Gasteiger partial charge in [0.15, 0.2) is 0 Å². The van der Waals surface area contributed by atoms with Gasteiger partial charge in [0, 0.05) is 34.5 Å². The zero-order chi connectivity index (χ0) is 13.0. The van der Waals surface area contributed by atoms with Crippen LogP contribution in [-0.4, -0.2) is 29.9 Å². The van der Waals surface area contributed by atoms with Gasteiger partial charge >= 0.3 is 0 Å². The summed E-state index contributed by atoms with van der Waals surface area (Å²) in [5, 5.41) is 1.03. The van der Waals surface area contributed by atoms with Gasteiger partial charge in [-0.3, -0.25) is 4.90 Å². The minimum atomic E-state index is 0.756. The predicted molar refractivity (Wildman–Crippen MR) is 82.5 cm³/mol. The molecule has 1 saturated carbocycles. The van der Waals surface area contributed by atoms with Crippen LogP contribution in [0.4, 0.5) is 0 Å². The molecule has 100 valence electrons. The molecule has 0 amide bonds. The standard InChI is InChI=1S/C14H19Br2NO/c1-18-14-6-5-12(16)9-11(14)10-17(8-7-15)13-3-2-4-13/h5-6,9,13H,2-4,7-8,10H2,1H3. The summed E-state index contributed by atoms with van der Waals surface area (Å²) in [6.45, 7) is 2.07. The number of halogens is 2. The number of nitrogens with zero attached hydrogens (tertiary/aromatic N) is 1. The van der Waals surface area contributed by atoms with Crippen LogP contribution in [-0.2, 0) is 6.54 Å². The van der Waals surface area contributed by atoms with Gasteiger partial charge in [0.05, 0.1) is 7.11 Å². The van der Waals surface area contributed by atoms with Crippen LogP contribution in [0.1, 0.15) is 24.8 Å². The van der Waals surface area contributed by atoms with E-state index in [-0.39, 0.29) is 0 Å². The molecular weight excluding hydrogens is 358 g/mol. The first-order valence-electron chi connectivity index (χ1n) is 6.37. The molecule has 0 atom stereocenters. The summed E-state index contributed by atoms with van der Waals surface area (Å²) in [6, 6.07) is 6.98. The molecule has 1 fully saturated rings. The van der Waals surface area contributed by atoms with Crippen LogP contribution < -0.4 is 4.74 Å². The van der Waals surface area contributed by atoms with Crippen LogP contribution in [0, 0.1) is 0 Å². The molecule has 4 heteroatoms. The number of benzene rings is 1. The summed E-state index contributed by atoms with van der Waals surface area (Å²) < 4.78 is 6.57. The summed E-state index contributed by atoms with van der Waals surface area (Å²) in [4.78, 5) is 2.56. The topological polar surface area (TPSA) is 12.5 Å². The molecular formula is C14H19Br2NO. The second kappa shape index (κ2) is 6.92. The van der Waals surface area contributed by atoms with Gasteiger partial charge in [-0.1, -0.05) is 38.3 Å². The molecule has 0 N–H and O–H groups in total. The molecule has 1 aromatic rings. The summed E-state index contributed by atoms with van der Waals surface area (Å²) in [5.74, 6) is 0.983. The largest absolute Gasteiger partial charge is 0.496 e. The van der Waals surface area contributed by atoms with Crippen molar-refractivity contribution < 1.29 is 4.74 Å². The van der Waals surface area contributed by atoms with E-state index in [1.807, 2.05) is 12.1 Å². The fourth-order valence-corrected chi connectivity index (χ4v) is 3.20. The monoisotopic (exact) mass is 375 g/mol. The van der Waals surface area contributed by atoms with E-state index in [1.54, 1.807) is 7.11 Å². The third kappa shape index (κ3) is 3.49. The number of alkyl halides is 1. The smallest absolute Gasteiger partial charge is 0.123 e. The van der Waals surface area contributed by atoms with Crippen LogP contribution in [0.15, 0.2) is 22.7 Å². The minimum absolute atomic E-state index is 0.756. The summed E-state index contributed by atoms with van der Waals surface area (Å²) in [5.41, 5.74) is 1.26. The first kappa shape index (κ1) is 14.4. The maximum absolute atomic E-state index is 5.45. The van der Waals surface area contributed by atoms with Crippen molar-refractivity contribution in [3.63, 3.8) is 0 Å². The first-order chi connectivity index (χ1) is 8.74. The van der Waals surface area contributed by atoms with Gasteiger partial charge < -0.3 is 4.74 Å². The van der Waals surface area contributed by atoms with Crippen molar-refractivity contribution in [1.82, 2.24) is 4.90 Å². The zero-order valence-electron chi connectivity index (χ0n) is 10.7. The number of hydrogen-bond donors (Lipinski definition) is 0. The highest BCUT2D eigenvalue weighted by Gasteiger charge is 2.25. The van der Waals surface area contributed by atoms with E-state index < -0.39 is 0 Å². The van der Waals surface area contributed by atoms with Crippen molar-refractivity contribution >= 4 is 31.9 Å². The third-order valence-electron chi connectivity index (χ3n) is 3.58. The number of methoxy groups -OCH3 is 1. The van der Waals surface area contributed by atoms with E-state index in [1.165, 1.54) is 24.8 Å². The Hall–Kier alpha value is -0.0600. The van der Waals surface area contributed by atoms with Crippen molar-refractivity contribution in [2.75, 3.05) is 19.0 Å². The fraction of sp³-hybridized carbons (Fsp3) is 0.571. The van der Waals surface area contributed by atoms with Gasteiger partial charge in [-0.25, -0.2) is 0 Å². The Morgan fingerprint density at radius 3 is 2.72 bits per heavy atom. The van der Waals surface area contributed by atoms with Crippen molar-refractivity contribution in [3.8, 4) is 5.75 Å². The zero-order valence-corrected chi connectivity index (χ0v) is 13.8. The maximum atomic E-state index is 5.45. The molecule has 0 radical (unpaired) electrons. The van der Waals surface area contributed by atoms with E-state index in [4.69, 9.17) is 4.74 Å². The molecule has 0 saturated heterocycles. The molecule has 0 spiro atoms. The van der Waals surface area contributed by atoms with Crippen LogP contribution in [0.25, 0.3) is 0 Å². The summed E-state index contributed by atoms with van der Waals surface area (Å²) in [6.07, 6.45) is 4.05. The summed E-state index contributed by atoms with van der Waals surface area (Å²) >= 11 is 7.09. The normalized spacial score (nSPS) is 15.8. The van der Waals surface area contributed by atoms with Crippen LogP contribution in [0.5, 0.6) is 5.75 Å². The molecule has 1 aliphatic carbocycles. The average Bonchev–Trinajstić information content (AvgIpc) is 2.27. The highest BCUT2D eigenvalue weighted by atomic mass is 79.9. The lowest BCUT2D eigenvalue weighted by Crippen LogP contribution is -2.40. The quantitative estimate of drug-likeness (QED) is 0.689. The lowest BCUT2D eigenvalue weighted by atomic mass is 9.91. The highest BCUT2D eigenvalue weighted by Crippen LogP contribution is 2.29. The lowest BCUT2D eigenvalue weighted by molar-refractivity contribution is 0.127. The Morgan fingerprint density at radius 2 is 2.17 bits per heavy atom. The van der Waals surface area contributed by atoms with Gasteiger partial charge in [-0.15, -0.1) is 0 Å². The predicted octanol–water partition coefficient (Wildman–Crippen LogP) is 4.21. The van der Waals surface area contributed by atoms with Crippen LogP contribution in [0.2, 0.25) is 0 Å². The molecule has 2 rings (SSSR count). The van der Waals surface area contributed by atoms with Crippen molar-refractivity contribution in [2.24, 2.45) is 0 Å². The van der Waals surface area contributed by atoms with E-state index >= 15 is 0 Å². The molecule has 0 aliphatic heterocycles. The summed E-state index contributed by atoms with van der Waals surface area (Å²) in [7, 11) is 1.74. The van der Waals surface area contributed by atoms with Crippen molar-refractivity contribution in [2.45, 2.75) is 31.8 Å². The Bertz CT molecular complexity index is 393.